The van der Waals surface area contributed by atoms with E-state index in [-0.39, 0.29) is 6.61 Å². The average Bonchev–Trinajstić information content (AvgIpc) is 3.00. The predicted molar refractivity (Wildman–Crippen MR) is 85.1 cm³/mol. The van der Waals surface area contributed by atoms with Crippen LogP contribution in [0.1, 0.15) is 6.92 Å². The lowest BCUT2D eigenvalue weighted by atomic mass is 10.2. The summed E-state index contributed by atoms with van der Waals surface area (Å²) in [6.45, 7) is 2.02. The van der Waals surface area contributed by atoms with Gasteiger partial charge in [0.05, 0.1) is 6.61 Å². The maximum atomic E-state index is 11.9. The molecule has 7 nitrogen and oxygen atoms in total. The van der Waals surface area contributed by atoms with E-state index in [0.29, 0.717) is 11.6 Å². The van der Waals surface area contributed by atoms with E-state index in [4.69, 9.17) is 4.74 Å². The second-order valence-corrected chi connectivity index (χ2v) is 4.62. The fourth-order valence-electron chi connectivity index (χ4n) is 2.11. The number of carbonyl (C=O) groups excluding carboxylic acids is 1. The van der Waals surface area contributed by atoms with Crippen LogP contribution in [0.5, 0.6) is 0 Å². The quantitative estimate of drug-likeness (QED) is 0.801. The van der Waals surface area contributed by atoms with Crippen molar-refractivity contribution < 1.29 is 9.53 Å². The number of amides is 1. The molecule has 7 heteroatoms. The van der Waals surface area contributed by atoms with Crippen LogP contribution in [0.4, 0.5) is 4.79 Å². The smallest absolute Gasteiger partial charge is 0.426 e. The second-order valence-electron chi connectivity index (χ2n) is 4.62. The van der Waals surface area contributed by atoms with Crippen molar-refractivity contribution in [2.24, 2.45) is 0 Å². The summed E-state index contributed by atoms with van der Waals surface area (Å²) in [5, 5.41) is 8.39. The molecule has 23 heavy (non-hydrogen) atoms. The maximum absolute atomic E-state index is 11.9. The maximum Gasteiger partial charge on any atom is 0.426 e. The van der Waals surface area contributed by atoms with Gasteiger partial charge in [-0.2, -0.15) is 0 Å². The fourth-order valence-corrected chi connectivity index (χ4v) is 2.11. The molecule has 1 aromatic carbocycles. The Labute approximate surface area is 132 Å². The molecule has 0 aliphatic carbocycles. The molecule has 2 aromatic heterocycles. The number of pyridine rings is 1. The minimum atomic E-state index is -0.570. The van der Waals surface area contributed by atoms with E-state index < -0.39 is 6.09 Å². The van der Waals surface area contributed by atoms with Gasteiger partial charge in [0.15, 0.2) is 11.6 Å². The van der Waals surface area contributed by atoms with Crippen LogP contribution < -0.4 is 5.43 Å². The lowest BCUT2D eigenvalue weighted by molar-refractivity contribution is 0.164. The van der Waals surface area contributed by atoms with Crippen LogP contribution in [0.3, 0.4) is 0 Å². The van der Waals surface area contributed by atoms with Gasteiger partial charge >= 0.3 is 6.09 Å². The molecular formula is C16H15N5O2. The first-order valence-corrected chi connectivity index (χ1v) is 7.14. The Balaban J connectivity index is 2.07. The van der Waals surface area contributed by atoms with Crippen molar-refractivity contribution in [2.45, 2.75) is 6.92 Å². The van der Waals surface area contributed by atoms with Gasteiger partial charge in [-0.05, 0) is 19.1 Å². The zero-order chi connectivity index (χ0) is 16.1. The molecule has 0 spiro atoms. The molecule has 0 aliphatic rings. The second kappa shape index (κ2) is 6.69. The summed E-state index contributed by atoms with van der Waals surface area (Å²) in [4.78, 5) is 15.8. The first-order chi connectivity index (χ1) is 11.3. The number of benzene rings is 1. The van der Waals surface area contributed by atoms with Gasteiger partial charge in [-0.25, -0.2) is 14.9 Å². The topological polar surface area (TPSA) is 81.9 Å². The zero-order valence-electron chi connectivity index (χ0n) is 12.5. The average molecular weight is 309 g/mol. The molecule has 1 amide bonds. The summed E-state index contributed by atoms with van der Waals surface area (Å²) in [5.74, 6) is 1.02. The van der Waals surface area contributed by atoms with E-state index in [0.717, 1.165) is 11.1 Å². The van der Waals surface area contributed by atoms with Crippen molar-refractivity contribution >= 4 is 6.09 Å². The molecule has 0 saturated carbocycles. The Kier molecular flexibility index (Phi) is 4.28. The van der Waals surface area contributed by atoms with Crippen LogP contribution in [0, 0.1) is 0 Å². The Hall–Kier alpha value is -3.22. The molecule has 1 N–H and O–H groups in total. The number of aromatic nitrogens is 4. The zero-order valence-corrected chi connectivity index (χ0v) is 12.5. The SMILES string of the molecule is CCOC(=O)Nn1c(-c2ccccc2)nnc1-c1ccncc1. The highest BCUT2D eigenvalue weighted by atomic mass is 16.6. The van der Waals surface area contributed by atoms with Crippen LogP contribution in [0.15, 0.2) is 54.9 Å². The molecule has 0 radical (unpaired) electrons. The summed E-state index contributed by atoms with van der Waals surface area (Å²) in [6, 6.07) is 13.1. The van der Waals surface area contributed by atoms with Crippen molar-refractivity contribution in [3.05, 3.63) is 54.9 Å². The van der Waals surface area contributed by atoms with Gasteiger partial charge in [0.25, 0.3) is 0 Å². The highest BCUT2D eigenvalue weighted by molar-refractivity contribution is 5.78. The highest BCUT2D eigenvalue weighted by Crippen LogP contribution is 2.22. The van der Waals surface area contributed by atoms with Crippen molar-refractivity contribution in [3.63, 3.8) is 0 Å². The Bertz CT molecular complexity index is 730. The number of rotatable bonds is 4. The molecule has 3 aromatic rings. The third-order valence-corrected chi connectivity index (χ3v) is 3.11. The van der Waals surface area contributed by atoms with E-state index in [1.807, 2.05) is 30.3 Å². The van der Waals surface area contributed by atoms with Gasteiger partial charge in [0, 0.05) is 23.5 Å². The van der Waals surface area contributed by atoms with Crippen LogP contribution in [-0.2, 0) is 4.74 Å². The van der Waals surface area contributed by atoms with Gasteiger partial charge < -0.3 is 4.74 Å². The molecule has 0 unspecified atom stereocenters. The fraction of sp³-hybridized carbons (Fsp3) is 0.125. The van der Waals surface area contributed by atoms with Crippen LogP contribution in [0.2, 0.25) is 0 Å². The minimum absolute atomic E-state index is 0.277. The van der Waals surface area contributed by atoms with E-state index in [1.54, 1.807) is 31.5 Å². The highest BCUT2D eigenvalue weighted by Gasteiger charge is 2.17. The molecule has 0 atom stereocenters. The summed E-state index contributed by atoms with van der Waals surface area (Å²) in [5.41, 5.74) is 4.28. The lowest BCUT2D eigenvalue weighted by Gasteiger charge is -2.11. The molecule has 0 bridgehead atoms. The van der Waals surface area contributed by atoms with Crippen LogP contribution >= 0.6 is 0 Å². The van der Waals surface area contributed by atoms with Gasteiger partial charge in [0.1, 0.15) is 0 Å². The first-order valence-electron chi connectivity index (χ1n) is 7.14. The summed E-state index contributed by atoms with van der Waals surface area (Å²) in [7, 11) is 0. The minimum Gasteiger partial charge on any atom is -0.449 e. The summed E-state index contributed by atoms with van der Waals surface area (Å²) < 4.78 is 6.47. The largest absolute Gasteiger partial charge is 0.449 e. The normalized spacial score (nSPS) is 10.3. The number of ether oxygens (including phenoxy) is 1. The summed E-state index contributed by atoms with van der Waals surface area (Å²) in [6.07, 6.45) is 2.74. The molecule has 3 rings (SSSR count). The molecular weight excluding hydrogens is 294 g/mol. The Morgan fingerprint density at radius 3 is 2.26 bits per heavy atom. The third kappa shape index (κ3) is 3.18. The monoisotopic (exact) mass is 309 g/mol. The van der Waals surface area contributed by atoms with Gasteiger partial charge in [-0.15, -0.1) is 10.2 Å². The lowest BCUT2D eigenvalue weighted by Crippen LogP contribution is -2.25. The number of nitrogens with zero attached hydrogens (tertiary/aromatic N) is 4. The molecule has 2 heterocycles. The Morgan fingerprint density at radius 1 is 1.04 bits per heavy atom. The third-order valence-electron chi connectivity index (χ3n) is 3.11. The molecule has 0 aliphatic heterocycles. The predicted octanol–water partition coefficient (Wildman–Crippen LogP) is 2.71. The van der Waals surface area contributed by atoms with Gasteiger partial charge in [-0.1, -0.05) is 30.3 Å². The molecule has 116 valence electrons. The van der Waals surface area contributed by atoms with E-state index in [1.165, 1.54) is 4.68 Å². The standard InChI is InChI=1S/C16H15N5O2/c1-2-23-16(22)20-21-14(12-6-4-3-5-7-12)18-19-15(21)13-8-10-17-11-9-13/h3-11H,2H2,1H3,(H,20,22). The number of carbonyl (C=O) groups is 1. The van der Waals surface area contributed by atoms with E-state index >= 15 is 0 Å². The van der Waals surface area contributed by atoms with E-state index in [2.05, 4.69) is 20.6 Å². The van der Waals surface area contributed by atoms with Crippen LogP contribution in [0.25, 0.3) is 22.8 Å². The Morgan fingerprint density at radius 2 is 1.65 bits per heavy atom. The first kappa shape index (κ1) is 14.7. The van der Waals surface area contributed by atoms with Crippen molar-refractivity contribution in [2.75, 3.05) is 12.0 Å². The van der Waals surface area contributed by atoms with Gasteiger partial charge in [-0.3, -0.25) is 4.98 Å². The summed E-state index contributed by atoms with van der Waals surface area (Å²) >= 11 is 0. The van der Waals surface area contributed by atoms with Crippen molar-refractivity contribution in [1.82, 2.24) is 19.9 Å². The molecule has 0 fully saturated rings. The number of nitrogens with one attached hydrogen (secondary N) is 1. The van der Waals surface area contributed by atoms with E-state index in [9.17, 15) is 4.79 Å². The van der Waals surface area contributed by atoms with Crippen LogP contribution in [-0.4, -0.2) is 32.6 Å². The number of hydrogen-bond donors (Lipinski definition) is 1. The van der Waals surface area contributed by atoms with Gasteiger partial charge in [0.2, 0.25) is 0 Å². The van der Waals surface area contributed by atoms with Crippen molar-refractivity contribution in [3.8, 4) is 22.8 Å². The molecule has 0 saturated heterocycles. The van der Waals surface area contributed by atoms with Crippen molar-refractivity contribution in [1.29, 1.82) is 0 Å². The number of hydrogen-bond acceptors (Lipinski definition) is 5.